The Morgan fingerprint density at radius 3 is 2.81 bits per heavy atom. The SMILES string of the molecule is [C-]#[N+]C1(C2CC2)C(=O)Nc2ccc(-c3cnc4c(c3Cl)C3(CC3)CN4)cc21. The molecular formula is C21H17ClN4O. The molecule has 1 amide bonds. The van der Waals surface area contributed by atoms with E-state index in [0.717, 1.165) is 71.0 Å². The van der Waals surface area contributed by atoms with Gasteiger partial charge in [-0.25, -0.2) is 11.6 Å². The van der Waals surface area contributed by atoms with Gasteiger partial charge >= 0.3 is 11.4 Å². The van der Waals surface area contributed by atoms with Crippen LogP contribution in [0, 0.1) is 12.5 Å². The van der Waals surface area contributed by atoms with Gasteiger partial charge in [-0.1, -0.05) is 17.7 Å². The van der Waals surface area contributed by atoms with E-state index in [1.807, 2.05) is 18.2 Å². The number of carbonyl (C=O) groups is 1. The van der Waals surface area contributed by atoms with Crippen LogP contribution < -0.4 is 10.6 Å². The van der Waals surface area contributed by atoms with E-state index >= 15 is 0 Å². The number of aromatic nitrogens is 1. The molecule has 134 valence electrons. The fraction of sp³-hybridized carbons (Fsp3) is 0.381. The number of pyridine rings is 1. The van der Waals surface area contributed by atoms with Crippen LogP contribution in [-0.4, -0.2) is 17.4 Å². The number of hydrogen-bond donors (Lipinski definition) is 2. The van der Waals surface area contributed by atoms with Crippen LogP contribution in [0.25, 0.3) is 16.0 Å². The molecule has 2 aromatic rings. The Kier molecular flexibility index (Phi) is 2.76. The zero-order chi connectivity index (χ0) is 18.4. The molecule has 6 rings (SSSR count). The first-order chi connectivity index (χ1) is 13.1. The van der Waals surface area contributed by atoms with Crippen LogP contribution in [0.3, 0.4) is 0 Å². The number of fused-ring (bicyclic) bond motifs is 3. The van der Waals surface area contributed by atoms with Crippen LogP contribution in [0.2, 0.25) is 5.02 Å². The third-order valence-electron chi connectivity index (χ3n) is 6.67. The summed E-state index contributed by atoms with van der Waals surface area (Å²) in [6.45, 7) is 8.68. The highest BCUT2D eigenvalue weighted by atomic mass is 35.5. The molecule has 0 saturated heterocycles. The number of nitrogens with one attached hydrogen (secondary N) is 2. The number of amides is 1. The second-order valence-electron chi connectivity index (χ2n) is 8.21. The minimum absolute atomic E-state index is 0.110. The fourth-order valence-electron chi connectivity index (χ4n) is 4.81. The van der Waals surface area contributed by atoms with Crippen molar-refractivity contribution in [3.8, 4) is 11.1 Å². The summed E-state index contributed by atoms with van der Waals surface area (Å²) in [5.74, 6) is 0.818. The molecule has 2 aliphatic heterocycles. The zero-order valence-electron chi connectivity index (χ0n) is 14.6. The van der Waals surface area contributed by atoms with Gasteiger partial charge in [0.25, 0.3) is 0 Å². The highest BCUT2D eigenvalue weighted by Gasteiger charge is 2.63. The monoisotopic (exact) mass is 376 g/mol. The number of halogens is 1. The summed E-state index contributed by atoms with van der Waals surface area (Å²) in [5.41, 5.74) is 3.54. The Labute approximate surface area is 162 Å². The van der Waals surface area contributed by atoms with E-state index in [4.69, 9.17) is 18.2 Å². The van der Waals surface area contributed by atoms with Gasteiger partial charge in [-0.2, -0.15) is 0 Å². The molecule has 1 spiro atoms. The molecule has 1 unspecified atom stereocenters. The number of carbonyl (C=O) groups excluding carboxylic acids is 1. The van der Waals surface area contributed by atoms with E-state index < -0.39 is 5.54 Å². The second kappa shape index (κ2) is 4.82. The topological polar surface area (TPSA) is 58.4 Å². The summed E-state index contributed by atoms with van der Waals surface area (Å²) < 4.78 is 0. The quantitative estimate of drug-likeness (QED) is 0.767. The van der Waals surface area contributed by atoms with Crippen LogP contribution in [0.5, 0.6) is 0 Å². The van der Waals surface area contributed by atoms with E-state index in [0.29, 0.717) is 0 Å². The van der Waals surface area contributed by atoms with Gasteiger partial charge in [0.2, 0.25) is 0 Å². The average Bonchev–Trinajstić information content (AvgIpc) is 3.57. The van der Waals surface area contributed by atoms with Crippen molar-refractivity contribution in [2.45, 2.75) is 36.6 Å². The summed E-state index contributed by atoms with van der Waals surface area (Å²) in [7, 11) is 0. The lowest BCUT2D eigenvalue weighted by atomic mass is 9.85. The molecule has 2 fully saturated rings. The lowest BCUT2D eigenvalue weighted by Gasteiger charge is -2.16. The van der Waals surface area contributed by atoms with E-state index in [-0.39, 0.29) is 17.2 Å². The highest BCUT2D eigenvalue weighted by Crippen LogP contribution is 2.58. The average molecular weight is 377 g/mol. The van der Waals surface area contributed by atoms with Crippen LogP contribution >= 0.6 is 11.6 Å². The number of anilines is 2. The van der Waals surface area contributed by atoms with E-state index in [1.165, 1.54) is 0 Å². The van der Waals surface area contributed by atoms with Gasteiger partial charge in [-0.15, -0.1) is 0 Å². The van der Waals surface area contributed by atoms with Crippen molar-refractivity contribution in [3.05, 3.63) is 52.0 Å². The Bertz CT molecular complexity index is 1080. The molecule has 1 aromatic carbocycles. The molecule has 1 aromatic heterocycles. The molecule has 2 aliphatic carbocycles. The maximum Gasteiger partial charge on any atom is 0.338 e. The predicted molar refractivity (Wildman–Crippen MR) is 104 cm³/mol. The van der Waals surface area contributed by atoms with Crippen molar-refractivity contribution < 1.29 is 4.79 Å². The van der Waals surface area contributed by atoms with Gasteiger partial charge in [0, 0.05) is 29.3 Å². The summed E-state index contributed by atoms with van der Waals surface area (Å²) in [6, 6.07) is 5.83. The third kappa shape index (κ3) is 1.84. The number of hydrogen-bond acceptors (Lipinski definition) is 3. The maximum atomic E-state index is 12.7. The first-order valence-electron chi connectivity index (χ1n) is 9.37. The predicted octanol–water partition coefficient (Wildman–Crippen LogP) is 4.34. The normalized spacial score (nSPS) is 26.1. The summed E-state index contributed by atoms with van der Waals surface area (Å²) >= 11 is 6.85. The minimum atomic E-state index is -1.08. The van der Waals surface area contributed by atoms with Crippen molar-refractivity contribution in [3.63, 3.8) is 0 Å². The second-order valence-corrected chi connectivity index (χ2v) is 8.59. The van der Waals surface area contributed by atoms with Gasteiger partial charge in [0.1, 0.15) is 5.82 Å². The molecule has 6 heteroatoms. The van der Waals surface area contributed by atoms with Gasteiger partial charge in [0.05, 0.1) is 22.2 Å². The molecule has 2 N–H and O–H groups in total. The standard InChI is InChI=1S/C21H17ClN4O/c1-23-21(12-3-4-12)14-8-11(2-5-15(14)26-19(21)27)13-9-24-18-16(17(13)22)20(6-7-20)10-25-18/h2,5,8-9,12H,3-4,6-7,10H2,(H,24,25)(H,26,27). The van der Waals surface area contributed by atoms with Gasteiger partial charge in [0.15, 0.2) is 0 Å². The molecule has 2 saturated carbocycles. The zero-order valence-corrected chi connectivity index (χ0v) is 15.4. The van der Waals surface area contributed by atoms with E-state index in [2.05, 4.69) is 20.5 Å². The van der Waals surface area contributed by atoms with Gasteiger partial charge in [-0.3, -0.25) is 9.64 Å². The van der Waals surface area contributed by atoms with Crippen molar-refractivity contribution in [2.24, 2.45) is 5.92 Å². The molecule has 0 bridgehead atoms. The van der Waals surface area contributed by atoms with Crippen molar-refractivity contribution in [1.29, 1.82) is 0 Å². The highest BCUT2D eigenvalue weighted by molar-refractivity contribution is 6.34. The number of rotatable bonds is 2. The van der Waals surface area contributed by atoms with Crippen molar-refractivity contribution in [1.82, 2.24) is 4.98 Å². The van der Waals surface area contributed by atoms with Crippen molar-refractivity contribution in [2.75, 3.05) is 17.2 Å². The van der Waals surface area contributed by atoms with Crippen LogP contribution in [0.4, 0.5) is 11.5 Å². The smallest absolute Gasteiger partial charge is 0.338 e. The summed E-state index contributed by atoms with van der Waals surface area (Å²) in [5, 5.41) is 7.03. The van der Waals surface area contributed by atoms with Crippen LogP contribution in [0.1, 0.15) is 36.8 Å². The fourth-order valence-corrected chi connectivity index (χ4v) is 5.26. The molecular weight excluding hydrogens is 360 g/mol. The Hall–Kier alpha value is -2.58. The van der Waals surface area contributed by atoms with E-state index in [9.17, 15) is 4.79 Å². The first-order valence-corrected chi connectivity index (χ1v) is 9.75. The molecule has 3 heterocycles. The largest absolute Gasteiger partial charge is 0.369 e. The molecule has 5 nitrogen and oxygen atoms in total. The summed E-state index contributed by atoms with van der Waals surface area (Å²) in [6.07, 6.45) is 5.94. The number of benzene rings is 1. The minimum Gasteiger partial charge on any atom is -0.369 e. The maximum absolute atomic E-state index is 12.7. The van der Waals surface area contributed by atoms with Crippen molar-refractivity contribution >= 4 is 29.0 Å². The van der Waals surface area contributed by atoms with Crippen LogP contribution in [-0.2, 0) is 15.7 Å². The lowest BCUT2D eigenvalue weighted by Crippen LogP contribution is -2.33. The van der Waals surface area contributed by atoms with Crippen LogP contribution in [0.15, 0.2) is 24.4 Å². The lowest BCUT2D eigenvalue weighted by molar-refractivity contribution is -0.120. The molecule has 1 atom stereocenters. The van der Waals surface area contributed by atoms with Gasteiger partial charge in [-0.05, 0) is 43.4 Å². The summed E-state index contributed by atoms with van der Waals surface area (Å²) in [4.78, 5) is 21.1. The van der Waals surface area contributed by atoms with E-state index in [1.54, 1.807) is 6.20 Å². The molecule has 4 aliphatic rings. The molecule has 0 radical (unpaired) electrons. The molecule has 27 heavy (non-hydrogen) atoms. The number of nitrogens with zero attached hydrogens (tertiary/aromatic N) is 2. The first kappa shape index (κ1) is 15.5. The van der Waals surface area contributed by atoms with Gasteiger partial charge < -0.3 is 10.6 Å². The Balaban J connectivity index is 1.52. The Morgan fingerprint density at radius 1 is 1.30 bits per heavy atom. The third-order valence-corrected chi connectivity index (χ3v) is 7.07. The Morgan fingerprint density at radius 2 is 2.11 bits per heavy atom.